The van der Waals surface area contributed by atoms with Crippen LogP contribution in [0.25, 0.3) is 0 Å². The number of cyclic esters (lactones) is 1. The molecule has 136 valence electrons. The van der Waals surface area contributed by atoms with Crippen LogP contribution in [-0.2, 0) is 16.0 Å². The van der Waals surface area contributed by atoms with Crippen molar-refractivity contribution in [2.45, 2.75) is 31.6 Å². The third-order valence-corrected chi connectivity index (χ3v) is 4.55. The second kappa shape index (κ2) is 7.71. The van der Waals surface area contributed by atoms with Crippen molar-refractivity contribution in [3.63, 3.8) is 0 Å². The van der Waals surface area contributed by atoms with Gasteiger partial charge in [-0.15, -0.1) is 0 Å². The lowest BCUT2D eigenvalue weighted by Gasteiger charge is -2.32. The molecule has 8 heteroatoms. The number of hydrogen-bond acceptors (Lipinski definition) is 6. The number of nitrogens with zero attached hydrogens (tertiary/aromatic N) is 2. The highest BCUT2D eigenvalue weighted by atomic mass is 16.7. The van der Waals surface area contributed by atoms with Gasteiger partial charge in [0.2, 0.25) is 0 Å². The van der Waals surface area contributed by atoms with Gasteiger partial charge in [0.25, 0.3) is 0 Å². The van der Waals surface area contributed by atoms with Crippen molar-refractivity contribution in [2.75, 3.05) is 31.1 Å². The SMILES string of the molecule is NCc1ccc(N2CC(CN3CCCC(OC(=O)O)C3)OC2=O)cc1. The number of carboxylic acid groups (broad SMARTS) is 1. The van der Waals surface area contributed by atoms with Crippen LogP contribution in [0.5, 0.6) is 0 Å². The molecule has 0 saturated carbocycles. The lowest BCUT2D eigenvalue weighted by molar-refractivity contribution is 0.00485. The Kier molecular flexibility index (Phi) is 5.40. The fourth-order valence-electron chi connectivity index (χ4n) is 3.35. The molecule has 8 nitrogen and oxygen atoms in total. The molecule has 0 radical (unpaired) electrons. The first-order valence-corrected chi connectivity index (χ1v) is 8.44. The first-order chi connectivity index (χ1) is 12.0. The van der Waals surface area contributed by atoms with Gasteiger partial charge in [-0.2, -0.15) is 0 Å². The quantitative estimate of drug-likeness (QED) is 0.778. The molecule has 2 saturated heterocycles. The molecule has 0 spiro atoms. The Morgan fingerprint density at radius 3 is 2.76 bits per heavy atom. The lowest BCUT2D eigenvalue weighted by Crippen LogP contribution is -2.44. The van der Waals surface area contributed by atoms with E-state index < -0.39 is 6.16 Å². The molecule has 1 aromatic carbocycles. The normalized spacial score (nSPS) is 24.2. The van der Waals surface area contributed by atoms with E-state index in [0.29, 0.717) is 26.2 Å². The molecule has 2 aliphatic heterocycles. The number of benzene rings is 1. The third-order valence-electron chi connectivity index (χ3n) is 4.55. The first kappa shape index (κ1) is 17.5. The minimum Gasteiger partial charge on any atom is -0.450 e. The summed E-state index contributed by atoms with van der Waals surface area (Å²) < 4.78 is 10.3. The van der Waals surface area contributed by atoms with E-state index in [9.17, 15) is 9.59 Å². The number of carbonyl (C=O) groups excluding carboxylic acids is 1. The highest BCUT2D eigenvalue weighted by Gasteiger charge is 2.34. The molecule has 0 aliphatic carbocycles. The molecular formula is C17H23N3O5. The van der Waals surface area contributed by atoms with Crippen molar-refractivity contribution in [1.82, 2.24) is 4.90 Å². The van der Waals surface area contributed by atoms with E-state index >= 15 is 0 Å². The smallest absolute Gasteiger partial charge is 0.450 e. The van der Waals surface area contributed by atoms with E-state index in [1.54, 1.807) is 4.90 Å². The number of likely N-dealkylation sites (tertiary alicyclic amines) is 1. The largest absolute Gasteiger partial charge is 0.506 e. The summed E-state index contributed by atoms with van der Waals surface area (Å²) in [6.45, 7) is 2.89. The number of ether oxygens (including phenoxy) is 2. The summed E-state index contributed by atoms with van der Waals surface area (Å²) in [7, 11) is 0. The molecule has 3 rings (SSSR count). The number of hydrogen-bond donors (Lipinski definition) is 2. The van der Waals surface area contributed by atoms with E-state index in [1.807, 2.05) is 24.3 Å². The Balaban J connectivity index is 1.56. The summed E-state index contributed by atoms with van der Waals surface area (Å²) in [5.41, 5.74) is 7.38. The van der Waals surface area contributed by atoms with Gasteiger partial charge in [0.15, 0.2) is 0 Å². The van der Waals surface area contributed by atoms with Crippen LogP contribution in [0.1, 0.15) is 18.4 Å². The van der Waals surface area contributed by atoms with Gasteiger partial charge in [0, 0.05) is 25.3 Å². The second-order valence-electron chi connectivity index (χ2n) is 6.39. The van der Waals surface area contributed by atoms with Crippen molar-refractivity contribution in [1.29, 1.82) is 0 Å². The maximum absolute atomic E-state index is 12.1. The van der Waals surface area contributed by atoms with Gasteiger partial charge >= 0.3 is 12.2 Å². The van der Waals surface area contributed by atoms with Gasteiger partial charge in [-0.25, -0.2) is 9.59 Å². The Labute approximate surface area is 146 Å². The standard InChI is InChI=1S/C17H23N3O5/c18-8-12-3-5-13(6-4-12)20-11-15(24-16(20)21)10-19-7-1-2-14(9-19)25-17(22)23/h3-6,14-15H,1-2,7-11,18H2,(H,22,23). The zero-order valence-corrected chi connectivity index (χ0v) is 14.0. The minimum atomic E-state index is -1.24. The Morgan fingerprint density at radius 1 is 1.32 bits per heavy atom. The van der Waals surface area contributed by atoms with Gasteiger partial charge in [-0.3, -0.25) is 9.80 Å². The van der Waals surface area contributed by atoms with Crippen LogP contribution in [0.2, 0.25) is 0 Å². The van der Waals surface area contributed by atoms with E-state index in [4.69, 9.17) is 20.3 Å². The monoisotopic (exact) mass is 349 g/mol. The van der Waals surface area contributed by atoms with Gasteiger partial charge < -0.3 is 20.3 Å². The van der Waals surface area contributed by atoms with Crippen molar-refractivity contribution in [3.05, 3.63) is 29.8 Å². The summed E-state index contributed by atoms with van der Waals surface area (Å²) in [6.07, 6.45) is -0.573. The first-order valence-electron chi connectivity index (χ1n) is 8.44. The third kappa shape index (κ3) is 4.40. The van der Waals surface area contributed by atoms with E-state index in [0.717, 1.165) is 30.6 Å². The molecule has 2 atom stereocenters. The van der Waals surface area contributed by atoms with Crippen molar-refractivity contribution < 1.29 is 24.2 Å². The molecule has 3 N–H and O–H groups in total. The molecule has 0 aromatic heterocycles. The summed E-state index contributed by atoms with van der Waals surface area (Å²) in [4.78, 5) is 26.5. The number of amides is 1. The lowest BCUT2D eigenvalue weighted by atomic mass is 10.1. The summed E-state index contributed by atoms with van der Waals surface area (Å²) in [5.74, 6) is 0. The van der Waals surface area contributed by atoms with Crippen LogP contribution < -0.4 is 10.6 Å². The molecular weight excluding hydrogens is 326 g/mol. The fraction of sp³-hybridized carbons (Fsp3) is 0.529. The second-order valence-corrected chi connectivity index (χ2v) is 6.39. The fourth-order valence-corrected chi connectivity index (χ4v) is 3.35. The molecule has 1 amide bonds. The van der Waals surface area contributed by atoms with E-state index in [1.165, 1.54) is 0 Å². The zero-order valence-electron chi connectivity index (χ0n) is 14.0. The van der Waals surface area contributed by atoms with Crippen LogP contribution in [0.4, 0.5) is 15.3 Å². The summed E-state index contributed by atoms with van der Waals surface area (Å²) >= 11 is 0. The number of anilines is 1. The van der Waals surface area contributed by atoms with Gasteiger partial charge in [0.05, 0.1) is 6.54 Å². The Bertz CT molecular complexity index is 621. The summed E-state index contributed by atoms with van der Waals surface area (Å²) in [6, 6.07) is 7.52. The molecule has 2 fully saturated rings. The van der Waals surface area contributed by atoms with E-state index in [2.05, 4.69) is 4.90 Å². The van der Waals surface area contributed by atoms with Crippen LogP contribution in [0.3, 0.4) is 0 Å². The maximum atomic E-state index is 12.1. The van der Waals surface area contributed by atoms with Gasteiger partial charge in [0.1, 0.15) is 12.2 Å². The number of piperidine rings is 1. The average Bonchev–Trinajstić information content (AvgIpc) is 2.95. The van der Waals surface area contributed by atoms with Crippen molar-refractivity contribution in [3.8, 4) is 0 Å². The average molecular weight is 349 g/mol. The predicted octanol–water partition coefficient (Wildman–Crippen LogP) is 1.63. The van der Waals surface area contributed by atoms with Gasteiger partial charge in [-0.05, 0) is 37.1 Å². The van der Waals surface area contributed by atoms with Gasteiger partial charge in [-0.1, -0.05) is 12.1 Å². The highest BCUT2D eigenvalue weighted by Crippen LogP contribution is 2.23. The molecule has 2 heterocycles. The number of rotatable bonds is 5. The topological polar surface area (TPSA) is 105 Å². The molecule has 0 bridgehead atoms. The van der Waals surface area contributed by atoms with Crippen LogP contribution in [0.15, 0.2) is 24.3 Å². The Morgan fingerprint density at radius 2 is 2.08 bits per heavy atom. The highest BCUT2D eigenvalue weighted by molar-refractivity contribution is 5.89. The molecule has 2 aliphatic rings. The predicted molar refractivity (Wildman–Crippen MR) is 90.5 cm³/mol. The number of nitrogens with two attached hydrogens (primary N) is 1. The maximum Gasteiger partial charge on any atom is 0.506 e. The van der Waals surface area contributed by atoms with E-state index in [-0.39, 0.29) is 18.3 Å². The molecule has 2 unspecified atom stereocenters. The number of carbonyl (C=O) groups is 2. The molecule has 25 heavy (non-hydrogen) atoms. The van der Waals surface area contributed by atoms with Crippen LogP contribution in [-0.4, -0.2) is 60.6 Å². The summed E-state index contributed by atoms with van der Waals surface area (Å²) in [5, 5.41) is 8.74. The Hall–Kier alpha value is -2.32. The van der Waals surface area contributed by atoms with Crippen molar-refractivity contribution in [2.24, 2.45) is 5.73 Å². The van der Waals surface area contributed by atoms with Crippen LogP contribution >= 0.6 is 0 Å². The molecule has 1 aromatic rings. The van der Waals surface area contributed by atoms with Crippen LogP contribution in [0, 0.1) is 0 Å². The zero-order chi connectivity index (χ0) is 17.8. The van der Waals surface area contributed by atoms with Crippen molar-refractivity contribution >= 4 is 17.9 Å². The minimum absolute atomic E-state index is 0.245.